The van der Waals surface area contributed by atoms with Crippen molar-refractivity contribution >= 4 is 6.09 Å². The minimum atomic E-state index is -0.0842. The molecule has 0 spiro atoms. The molecule has 0 aromatic rings. The molecular formula is C31H62N2O2. The first-order valence-electron chi connectivity index (χ1n) is 15.7. The van der Waals surface area contributed by atoms with Crippen molar-refractivity contribution in [3.8, 4) is 0 Å². The van der Waals surface area contributed by atoms with E-state index in [4.69, 9.17) is 4.74 Å². The van der Waals surface area contributed by atoms with Crippen LogP contribution in [0.15, 0.2) is 0 Å². The monoisotopic (exact) mass is 494 g/mol. The number of carbonyl (C=O) groups excluding carboxylic acids is 1. The van der Waals surface area contributed by atoms with Crippen LogP contribution in [-0.2, 0) is 4.74 Å². The van der Waals surface area contributed by atoms with Crippen LogP contribution in [0.5, 0.6) is 0 Å². The fraction of sp³-hybridized carbons (Fsp3) is 0.968. The number of rotatable bonds is 24. The minimum absolute atomic E-state index is 0.0319. The molecule has 1 saturated heterocycles. The molecule has 0 bridgehead atoms. The summed E-state index contributed by atoms with van der Waals surface area (Å²) in [6.07, 6.45) is 23.9. The molecule has 1 aliphatic rings. The van der Waals surface area contributed by atoms with Crippen LogP contribution in [0.1, 0.15) is 143 Å². The lowest BCUT2D eigenvalue weighted by Gasteiger charge is -2.25. The van der Waals surface area contributed by atoms with Gasteiger partial charge in [0.1, 0.15) is 6.10 Å². The van der Waals surface area contributed by atoms with Crippen molar-refractivity contribution < 1.29 is 9.53 Å². The normalized spacial score (nSPS) is 17.1. The van der Waals surface area contributed by atoms with Gasteiger partial charge in [-0.3, -0.25) is 0 Å². The van der Waals surface area contributed by atoms with E-state index in [-0.39, 0.29) is 12.2 Å². The highest BCUT2D eigenvalue weighted by molar-refractivity contribution is 5.69. The van der Waals surface area contributed by atoms with E-state index in [1.54, 1.807) is 0 Å². The second-order valence-electron chi connectivity index (χ2n) is 11.5. The number of cyclic esters (lactones) is 1. The van der Waals surface area contributed by atoms with Gasteiger partial charge in [-0.25, -0.2) is 4.79 Å². The lowest BCUT2D eigenvalue weighted by Crippen LogP contribution is -2.35. The lowest BCUT2D eigenvalue weighted by atomic mass is 9.90. The van der Waals surface area contributed by atoms with Gasteiger partial charge in [0, 0.05) is 19.6 Å². The number of ether oxygens (including phenoxy) is 1. The van der Waals surface area contributed by atoms with Gasteiger partial charge in [0.15, 0.2) is 0 Å². The van der Waals surface area contributed by atoms with E-state index in [0.717, 1.165) is 44.4 Å². The first-order chi connectivity index (χ1) is 17.0. The van der Waals surface area contributed by atoms with Crippen molar-refractivity contribution in [2.75, 3.05) is 33.2 Å². The maximum atomic E-state index is 12.5. The summed E-state index contributed by atoms with van der Waals surface area (Å²) < 4.78 is 5.77. The van der Waals surface area contributed by atoms with E-state index in [1.807, 2.05) is 4.90 Å². The standard InChI is InChI=1S/C31H62N2O2/c1-6-10-14-15-17-22-28(21-16-11-7-2)23-18-24-33-27-30(35-31(33)34)26-32(5)25-29(19-12-8-3)20-13-9-4/h28-30H,6-27H2,1-5H3/t28?,30-/m1/s1. The van der Waals surface area contributed by atoms with Crippen molar-refractivity contribution in [1.29, 1.82) is 0 Å². The zero-order valence-electron chi connectivity index (χ0n) is 24.5. The van der Waals surface area contributed by atoms with Crippen molar-refractivity contribution in [3.05, 3.63) is 0 Å². The predicted molar refractivity (Wildman–Crippen MR) is 152 cm³/mol. The number of hydrogen-bond acceptors (Lipinski definition) is 3. The maximum Gasteiger partial charge on any atom is 0.410 e. The summed E-state index contributed by atoms with van der Waals surface area (Å²) in [4.78, 5) is 16.9. The molecule has 2 atom stereocenters. The van der Waals surface area contributed by atoms with Crippen molar-refractivity contribution in [1.82, 2.24) is 9.80 Å². The number of carbonyl (C=O) groups is 1. The smallest absolute Gasteiger partial charge is 0.410 e. The third-order valence-corrected chi connectivity index (χ3v) is 7.94. The number of amides is 1. The Morgan fingerprint density at radius 2 is 1.26 bits per heavy atom. The molecule has 208 valence electrons. The summed E-state index contributed by atoms with van der Waals surface area (Å²) in [6.45, 7) is 12.8. The topological polar surface area (TPSA) is 32.8 Å². The predicted octanol–water partition coefficient (Wildman–Crippen LogP) is 9.07. The highest BCUT2D eigenvalue weighted by Crippen LogP contribution is 2.24. The minimum Gasteiger partial charge on any atom is -0.443 e. The van der Waals surface area contributed by atoms with E-state index in [2.05, 4.69) is 39.6 Å². The fourth-order valence-corrected chi connectivity index (χ4v) is 5.75. The Morgan fingerprint density at radius 3 is 1.89 bits per heavy atom. The van der Waals surface area contributed by atoms with Crippen LogP contribution >= 0.6 is 0 Å². The van der Waals surface area contributed by atoms with Gasteiger partial charge in [0.25, 0.3) is 0 Å². The van der Waals surface area contributed by atoms with Gasteiger partial charge in [0.2, 0.25) is 0 Å². The Bertz CT molecular complexity index is 490. The molecule has 1 unspecified atom stereocenters. The molecule has 1 fully saturated rings. The molecule has 35 heavy (non-hydrogen) atoms. The molecule has 4 heteroatoms. The summed E-state index contributed by atoms with van der Waals surface area (Å²) in [7, 11) is 2.21. The molecule has 4 nitrogen and oxygen atoms in total. The van der Waals surface area contributed by atoms with Gasteiger partial charge >= 0.3 is 6.09 Å². The number of unbranched alkanes of at least 4 members (excludes halogenated alkanes) is 8. The number of nitrogens with zero attached hydrogens (tertiary/aromatic N) is 2. The van der Waals surface area contributed by atoms with E-state index in [0.29, 0.717) is 0 Å². The van der Waals surface area contributed by atoms with Crippen LogP contribution in [0, 0.1) is 11.8 Å². The summed E-state index contributed by atoms with van der Waals surface area (Å²) in [5, 5.41) is 0. The van der Waals surface area contributed by atoms with Crippen LogP contribution in [0.2, 0.25) is 0 Å². The number of hydrogen-bond donors (Lipinski definition) is 0. The molecule has 1 heterocycles. The van der Waals surface area contributed by atoms with Crippen LogP contribution in [0.4, 0.5) is 4.79 Å². The first kappa shape index (κ1) is 32.3. The van der Waals surface area contributed by atoms with Gasteiger partial charge in [0.05, 0.1) is 6.54 Å². The average Bonchev–Trinajstić information content (AvgIpc) is 3.18. The van der Waals surface area contributed by atoms with Crippen molar-refractivity contribution in [2.24, 2.45) is 11.8 Å². The molecule has 0 radical (unpaired) electrons. The Hall–Kier alpha value is -0.770. The number of likely N-dealkylation sites (N-methyl/N-ethyl adjacent to an activating group) is 1. The van der Waals surface area contributed by atoms with E-state index < -0.39 is 0 Å². The Labute approximate surface area is 219 Å². The largest absolute Gasteiger partial charge is 0.443 e. The lowest BCUT2D eigenvalue weighted by molar-refractivity contribution is 0.107. The van der Waals surface area contributed by atoms with E-state index >= 15 is 0 Å². The molecule has 0 aromatic carbocycles. The molecule has 1 rings (SSSR count). The summed E-state index contributed by atoms with van der Waals surface area (Å²) in [5.41, 5.74) is 0. The van der Waals surface area contributed by atoms with Gasteiger partial charge < -0.3 is 14.5 Å². The van der Waals surface area contributed by atoms with Gasteiger partial charge in [-0.15, -0.1) is 0 Å². The first-order valence-corrected chi connectivity index (χ1v) is 15.7. The van der Waals surface area contributed by atoms with Gasteiger partial charge in [-0.05, 0) is 44.6 Å². The SMILES string of the molecule is CCCCCCCC(CCCCC)CCCN1C[C@@H](CN(C)CC(CCCC)CCCC)OC1=O. The Morgan fingerprint density at radius 1 is 0.743 bits per heavy atom. The fourth-order valence-electron chi connectivity index (χ4n) is 5.75. The summed E-state index contributed by atoms with van der Waals surface area (Å²) in [6, 6.07) is 0. The second-order valence-corrected chi connectivity index (χ2v) is 11.5. The van der Waals surface area contributed by atoms with Crippen molar-refractivity contribution in [2.45, 2.75) is 149 Å². The molecule has 0 aromatic heterocycles. The highest BCUT2D eigenvalue weighted by Gasteiger charge is 2.31. The van der Waals surface area contributed by atoms with E-state index in [9.17, 15) is 4.79 Å². The maximum absolute atomic E-state index is 12.5. The van der Waals surface area contributed by atoms with Crippen LogP contribution < -0.4 is 0 Å². The van der Waals surface area contributed by atoms with Gasteiger partial charge in [-0.1, -0.05) is 118 Å². The van der Waals surface area contributed by atoms with Crippen LogP contribution in [0.25, 0.3) is 0 Å². The van der Waals surface area contributed by atoms with E-state index in [1.165, 1.54) is 109 Å². The average molecular weight is 495 g/mol. The van der Waals surface area contributed by atoms with Crippen molar-refractivity contribution in [3.63, 3.8) is 0 Å². The summed E-state index contributed by atoms with van der Waals surface area (Å²) >= 11 is 0. The van der Waals surface area contributed by atoms with Crippen LogP contribution in [-0.4, -0.2) is 55.2 Å². The van der Waals surface area contributed by atoms with Crippen LogP contribution in [0.3, 0.4) is 0 Å². The highest BCUT2D eigenvalue weighted by atomic mass is 16.6. The third-order valence-electron chi connectivity index (χ3n) is 7.94. The molecule has 0 saturated carbocycles. The molecule has 0 N–H and O–H groups in total. The van der Waals surface area contributed by atoms with Gasteiger partial charge in [-0.2, -0.15) is 0 Å². The Kier molecular flexibility index (Phi) is 19.7. The second kappa shape index (κ2) is 21.3. The third kappa shape index (κ3) is 15.8. The molecule has 1 aliphatic heterocycles. The quantitative estimate of drug-likeness (QED) is 0.125. The summed E-state index contributed by atoms with van der Waals surface area (Å²) in [5.74, 6) is 1.62. The zero-order chi connectivity index (χ0) is 25.7. The zero-order valence-corrected chi connectivity index (χ0v) is 24.5. The molecule has 1 amide bonds. The molecular weight excluding hydrogens is 432 g/mol. The Balaban J connectivity index is 2.38. The molecule has 0 aliphatic carbocycles.